The summed E-state index contributed by atoms with van der Waals surface area (Å²) in [5.74, 6) is -0.128. The van der Waals surface area contributed by atoms with Gasteiger partial charge in [0, 0.05) is 19.6 Å². The number of carbonyl (C=O) groups is 1. The Labute approximate surface area is 147 Å². The van der Waals surface area contributed by atoms with Crippen LogP contribution in [-0.4, -0.2) is 43.2 Å². The summed E-state index contributed by atoms with van der Waals surface area (Å²) in [6, 6.07) is 13.1. The zero-order chi connectivity index (χ0) is 18.2. The summed E-state index contributed by atoms with van der Waals surface area (Å²) in [4.78, 5) is 14.1. The fourth-order valence-corrected chi connectivity index (χ4v) is 2.41. The monoisotopic (exact) mass is 346 g/mol. The van der Waals surface area contributed by atoms with Crippen LogP contribution in [-0.2, 0) is 11.3 Å². The highest BCUT2D eigenvalue weighted by molar-refractivity contribution is 5.82. The van der Waals surface area contributed by atoms with Crippen LogP contribution in [0.1, 0.15) is 17.2 Å². The molecule has 0 bridgehead atoms. The summed E-state index contributed by atoms with van der Waals surface area (Å²) in [6.45, 7) is 1.65. The summed E-state index contributed by atoms with van der Waals surface area (Å²) in [5, 5.41) is 12.8. The van der Waals surface area contributed by atoms with Gasteiger partial charge in [-0.05, 0) is 42.4 Å². The molecule has 2 N–H and O–H groups in total. The van der Waals surface area contributed by atoms with Crippen molar-refractivity contribution in [1.82, 2.24) is 10.2 Å². The van der Waals surface area contributed by atoms with Gasteiger partial charge in [-0.25, -0.2) is 4.39 Å². The van der Waals surface area contributed by atoms with Crippen molar-refractivity contribution in [2.75, 3.05) is 27.2 Å². The molecular formula is C19H23FN2O3. The fourth-order valence-electron chi connectivity index (χ4n) is 2.41. The van der Waals surface area contributed by atoms with Crippen molar-refractivity contribution in [2.24, 2.45) is 0 Å². The number of methoxy groups -OCH3 is 1. The number of benzene rings is 2. The number of ether oxygens (including phenoxy) is 1. The van der Waals surface area contributed by atoms with E-state index in [1.54, 1.807) is 36.4 Å². The highest BCUT2D eigenvalue weighted by atomic mass is 19.1. The minimum absolute atomic E-state index is 0.259. The van der Waals surface area contributed by atoms with Crippen molar-refractivity contribution in [1.29, 1.82) is 0 Å². The lowest BCUT2D eigenvalue weighted by Gasteiger charge is -2.18. The number of hydrogen-bond donors (Lipinski definition) is 2. The van der Waals surface area contributed by atoms with E-state index in [4.69, 9.17) is 4.74 Å². The topological polar surface area (TPSA) is 61.8 Å². The van der Waals surface area contributed by atoms with Crippen LogP contribution in [0.25, 0.3) is 0 Å². The van der Waals surface area contributed by atoms with Crippen molar-refractivity contribution < 1.29 is 19.0 Å². The molecule has 1 atom stereocenters. The zero-order valence-corrected chi connectivity index (χ0v) is 14.4. The largest absolute Gasteiger partial charge is 0.497 e. The maximum Gasteiger partial charge on any atom is 0.253 e. The summed E-state index contributed by atoms with van der Waals surface area (Å²) < 4.78 is 18.0. The molecule has 0 saturated heterocycles. The minimum Gasteiger partial charge on any atom is -0.497 e. The quantitative estimate of drug-likeness (QED) is 0.769. The predicted molar refractivity (Wildman–Crippen MR) is 93.7 cm³/mol. The Balaban J connectivity index is 1.78. The van der Waals surface area contributed by atoms with E-state index >= 15 is 0 Å². The lowest BCUT2D eigenvalue weighted by molar-refractivity contribution is -0.129. The smallest absolute Gasteiger partial charge is 0.253 e. The van der Waals surface area contributed by atoms with Crippen molar-refractivity contribution in [2.45, 2.75) is 12.6 Å². The molecule has 1 unspecified atom stereocenters. The van der Waals surface area contributed by atoms with Crippen molar-refractivity contribution in [3.05, 3.63) is 65.5 Å². The molecule has 0 aliphatic rings. The van der Waals surface area contributed by atoms with Gasteiger partial charge in [0.25, 0.3) is 5.91 Å². The highest BCUT2D eigenvalue weighted by Crippen LogP contribution is 2.19. The number of nitrogens with one attached hydrogen (secondary N) is 1. The second-order valence-electron chi connectivity index (χ2n) is 5.83. The normalized spacial score (nSPS) is 12.0. The Morgan fingerprint density at radius 1 is 1.28 bits per heavy atom. The molecule has 2 aromatic carbocycles. The average Bonchev–Trinajstić information content (AvgIpc) is 2.63. The number of halogens is 1. The third-order valence-corrected chi connectivity index (χ3v) is 3.82. The van der Waals surface area contributed by atoms with E-state index in [0.717, 1.165) is 5.56 Å². The standard InChI is InChI=1S/C19H23FN2O3/c1-22(13-14-6-8-16(20)9-7-14)11-10-21-19(24)18(23)15-4-3-5-17(12-15)25-2/h3-9,12,18,23H,10-11,13H2,1-2H3,(H,21,24). The van der Waals surface area contributed by atoms with Gasteiger partial charge in [0.1, 0.15) is 11.6 Å². The Bertz CT molecular complexity index is 691. The molecule has 0 fully saturated rings. The highest BCUT2D eigenvalue weighted by Gasteiger charge is 2.17. The summed E-state index contributed by atoms with van der Waals surface area (Å²) in [7, 11) is 3.44. The third-order valence-electron chi connectivity index (χ3n) is 3.82. The van der Waals surface area contributed by atoms with E-state index in [0.29, 0.717) is 30.9 Å². The summed E-state index contributed by atoms with van der Waals surface area (Å²) in [5.41, 5.74) is 1.48. The molecule has 134 valence electrons. The van der Waals surface area contributed by atoms with Gasteiger partial charge >= 0.3 is 0 Å². The number of nitrogens with zero attached hydrogens (tertiary/aromatic N) is 1. The van der Waals surface area contributed by atoms with Gasteiger partial charge in [-0.2, -0.15) is 0 Å². The Kier molecular flexibility index (Phi) is 6.91. The molecule has 0 aliphatic carbocycles. The first-order valence-electron chi connectivity index (χ1n) is 8.02. The maximum absolute atomic E-state index is 12.9. The third kappa shape index (κ3) is 5.85. The molecule has 6 heteroatoms. The van der Waals surface area contributed by atoms with E-state index in [9.17, 15) is 14.3 Å². The van der Waals surface area contributed by atoms with Crippen LogP contribution in [0, 0.1) is 5.82 Å². The second-order valence-corrected chi connectivity index (χ2v) is 5.83. The lowest BCUT2D eigenvalue weighted by Crippen LogP contribution is -2.35. The number of aliphatic hydroxyl groups is 1. The van der Waals surface area contributed by atoms with Gasteiger partial charge in [0.05, 0.1) is 7.11 Å². The average molecular weight is 346 g/mol. The Morgan fingerprint density at radius 2 is 2.00 bits per heavy atom. The molecule has 25 heavy (non-hydrogen) atoms. The second kappa shape index (κ2) is 9.15. The van der Waals surface area contributed by atoms with Crippen LogP contribution in [0.4, 0.5) is 4.39 Å². The van der Waals surface area contributed by atoms with Crippen LogP contribution in [0.5, 0.6) is 5.75 Å². The Hall–Kier alpha value is -2.44. The van der Waals surface area contributed by atoms with E-state index in [1.807, 2.05) is 11.9 Å². The molecule has 2 aromatic rings. The molecule has 0 aliphatic heterocycles. The van der Waals surface area contributed by atoms with Crippen molar-refractivity contribution >= 4 is 5.91 Å². The predicted octanol–water partition coefficient (Wildman–Crippen LogP) is 2.12. The van der Waals surface area contributed by atoms with E-state index in [2.05, 4.69) is 5.32 Å². The van der Waals surface area contributed by atoms with E-state index < -0.39 is 12.0 Å². The number of aliphatic hydroxyl groups excluding tert-OH is 1. The van der Waals surface area contributed by atoms with Crippen LogP contribution in [0.15, 0.2) is 48.5 Å². The van der Waals surface area contributed by atoms with Crippen LogP contribution in [0.2, 0.25) is 0 Å². The molecule has 0 aromatic heterocycles. The van der Waals surface area contributed by atoms with Crippen LogP contribution >= 0.6 is 0 Å². The van der Waals surface area contributed by atoms with Crippen molar-refractivity contribution in [3.63, 3.8) is 0 Å². The molecule has 2 rings (SSSR count). The molecule has 1 amide bonds. The molecule has 0 saturated carbocycles. The van der Waals surface area contributed by atoms with E-state index in [-0.39, 0.29) is 5.82 Å². The van der Waals surface area contributed by atoms with Crippen LogP contribution < -0.4 is 10.1 Å². The molecular weight excluding hydrogens is 323 g/mol. The van der Waals surface area contributed by atoms with Gasteiger partial charge in [-0.1, -0.05) is 24.3 Å². The molecule has 0 radical (unpaired) electrons. The van der Waals surface area contributed by atoms with Crippen LogP contribution in [0.3, 0.4) is 0 Å². The lowest BCUT2D eigenvalue weighted by atomic mass is 10.1. The molecule has 0 heterocycles. The zero-order valence-electron chi connectivity index (χ0n) is 14.4. The first-order valence-corrected chi connectivity index (χ1v) is 8.02. The maximum atomic E-state index is 12.9. The Morgan fingerprint density at radius 3 is 2.68 bits per heavy atom. The molecule has 5 nitrogen and oxygen atoms in total. The van der Waals surface area contributed by atoms with Gasteiger partial charge in [-0.15, -0.1) is 0 Å². The van der Waals surface area contributed by atoms with E-state index in [1.165, 1.54) is 19.2 Å². The number of hydrogen-bond acceptors (Lipinski definition) is 4. The minimum atomic E-state index is -1.24. The number of rotatable bonds is 8. The van der Waals surface area contributed by atoms with Gasteiger partial charge in [-0.3, -0.25) is 4.79 Å². The van der Waals surface area contributed by atoms with Gasteiger partial charge in [0.15, 0.2) is 6.10 Å². The first kappa shape index (κ1) is 18.9. The number of amides is 1. The molecule has 0 spiro atoms. The summed E-state index contributed by atoms with van der Waals surface area (Å²) >= 11 is 0. The SMILES string of the molecule is COc1cccc(C(O)C(=O)NCCN(C)Cc2ccc(F)cc2)c1. The first-order chi connectivity index (χ1) is 12.0. The summed E-state index contributed by atoms with van der Waals surface area (Å²) in [6.07, 6.45) is -1.24. The number of likely N-dealkylation sites (N-methyl/N-ethyl adjacent to an activating group) is 1. The van der Waals surface area contributed by atoms with Crippen molar-refractivity contribution in [3.8, 4) is 5.75 Å². The van der Waals surface area contributed by atoms with Gasteiger partial charge in [0.2, 0.25) is 0 Å². The fraction of sp³-hybridized carbons (Fsp3) is 0.316. The number of carbonyl (C=O) groups excluding carboxylic acids is 1. The van der Waals surface area contributed by atoms with Gasteiger partial charge < -0.3 is 20.1 Å².